The van der Waals surface area contributed by atoms with E-state index in [1.165, 1.54) is 6.92 Å². The molecule has 0 spiro atoms. The number of anilines is 1. The lowest BCUT2D eigenvalue weighted by Gasteiger charge is -2.30. The van der Waals surface area contributed by atoms with E-state index in [1.807, 2.05) is 24.3 Å². The van der Waals surface area contributed by atoms with Crippen molar-refractivity contribution in [1.82, 2.24) is 10.6 Å². The van der Waals surface area contributed by atoms with Crippen LogP contribution < -0.4 is 15.5 Å². The maximum atomic E-state index is 11.9. The number of nitrogens with zero attached hydrogens (tertiary/aromatic N) is 1. The number of carbonyl (C=O) groups excluding carboxylic acids is 2. The van der Waals surface area contributed by atoms with Gasteiger partial charge < -0.3 is 20.3 Å². The van der Waals surface area contributed by atoms with Crippen molar-refractivity contribution in [2.24, 2.45) is 0 Å². The summed E-state index contributed by atoms with van der Waals surface area (Å²) in [4.78, 5) is 26.0. The van der Waals surface area contributed by atoms with Gasteiger partial charge in [0.1, 0.15) is 0 Å². The van der Waals surface area contributed by atoms with Gasteiger partial charge in [-0.25, -0.2) is 4.79 Å². The van der Waals surface area contributed by atoms with Gasteiger partial charge in [-0.2, -0.15) is 0 Å². The second-order valence-electron chi connectivity index (χ2n) is 5.82. The number of urea groups is 1. The molecule has 1 aromatic rings. The molecule has 2 aliphatic rings. The van der Waals surface area contributed by atoms with E-state index in [2.05, 4.69) is 15.5 Å². The Morgan fingerprint density at radius 3 is 2.48 bits per heavy atom. The number of nitrogens with one attached hydrogen (secondary N) is 2. The molecule has 3 rings (SSSR count). The number of Topliss-reactive ketones (excluding diaryl/α,β-unsaturated/α-hetero) is 1. The molecule has 23 heavy (non-hydrogen) atoms. The Hall–Kier alpha value is -2.34. The molecule has 0 aliphatic carbocycles. The number of allylic oxidation sites excluding steroid dienone is 1. The summed E-state index contributed by atoms with van der Waals surface area (Å²) in [6.07, 6.45) is 0. The van der Waals surface area contributed by atoms with Crippen LogP contribution in [0.3, 0.4) is 0 Å². The third-order valence-corrected chi connectivity index (χ3v) is 4.25. The highest BCUT2D eigenvalue weighted by Crippen LogP contribution is 2.28. The van der Waals surface area contributed by atoms with Gasteiger partial charge in [0.2, 0.25) is 0 Å². The minimum atomic E-state index is -0.403. The van der Waals surface area contributed by atoms with Crippen molar-refractivity contribution < 1.29 is 14.3 Å². The molecule has 2 amide bonds. The number of carbonyl (C=O) groups is 2. The van der Waals surface area contributed by atoms with Crippen LogP contribution in [0.25, 0.3) is 0 Å². The predicted molar refractivity (Wildman–Crippen MR) is 87.3 cm³/mol. The van der Waals surface area contributed by atoms with Gasteiger partial charge in [-0.15, -0.1) is 0 Å². The molecule has 0 saturated carbocycles. The number of rotatable bonds is 3. The van der Waals surface area contributed by atoms with Gasteiger partial charge in [0.05, 0.1) is 19.3 Å². The zero-order valence-corrected chi connectivity index (χ0v) is 13.4. The van der Waals surface area contributed by atoms with Gasteiger partial charge in [0.15, 0.2) is 5.78 Å². The third-order valence-electron chi connectivity index (χ3n) is 4.25. The van der Waals surface area contributed by atoms with E-state index in [1.54, 1.807) is 6.92 Å². The lowest BCUT2D eigenvalue weighted by atomic mass is 9.93. The van der Waals surface area contributed by atoms with Crippen LogP contribution in [0, 0.1) is 0 Å². The first-order chi connectivity index (χ1) is 11.1. The van der Waals surface area contributed by atoms with E-state index in [4.69, 9.17) is 4.74 Å². The molecule has 6 nitrogen and oxygen atoms in total. The van der Waals surface area contributed by atoms with Crippen LogP contribution in [0.4, 0.5) is 10.5 Å². The minimum Gasteiger partial charge on any atom is -0.378 e. The van der Waals surface area contributed by atoms with Crippen LogP contribution >= 0.6 is 0 Å². The van der Waals surface area contributed by atoms with Crippen molar-refractivity contribution in [3.05, 3.63) is 41.1 Å². The van der Waals surface area contributed by atoms with E-state index >= 15 is 0 Å². The van der Waals surface area contributed by atoms with E-state index in [-0.39, 0.29) is 11.8 Å². The number of ether oxygens (including phenoxy) is 1. The summed E-state index contributed by atoms with van der Waals surface area (Å²) < 4.78 is 5.36. The summed E-state index contributed by atoms with van der Waals surface area (Å²) >= 11 is 0. The average molecular weight is 315 g/mol. The van der Waals surface area contributed by atoms with Gasteiger partial charge in [-0.1, -0.05) is 12.1 Å². The Morgan fingerprint density at radius 2 is 1.87 bits per heavy atom. The van der Waals surface area contributed by atoms with Crippen LogP contribution in [-0.2, 0) is 9.53 Å². The SMILES string of the molecule is CC(=O)C1=C(C)NC(=O)NC1c1ccc(N2CCOCC2)cc1. The molecule has 0 radical (unpaired) electrons. The lowest BCUT2D eigenvalue weighted by Crippen LogP contribution is -2.44. The summed E-state index contributed by atoms with van der Waals surface area (Å²) in [5.41, 5.74) is 3.25. The number of benzene rings is 1. The Kier molecular flexibility index (Phi) is 4.34. The molecule has 6 heteroatoms. The Labute approximate surface area is 135 Å². The summed E-state index contributed by atoms with van der Waals surface area (Å²) in [6.45, 7) is 6.50. The highest BCUT2D eigenvalue weighted by Gasteiger charge is 2.29. The van der Waals surface area contributed by atoms with E-state index < -0.39 is 6.04 Å². The van der Waals surface area contributed by atoms with E-state index in [0.29, 0.717) is 11.3 Å². The number of ketones is 1. The van der Waals surface area contributed by atoms with Gasteiger partial charge in [0, 0.05) is 30.0 Å². The molecule has 1 saturated heterocycles. The molecule has 122 valence electrons. The lowest BCUT2D eigenvalue weighted by molar-refractivity contribution is -0.114. The van der Waals surface area contributed by atoms with Gasteiger partial charge >= 0.3 is 6.03 Å². The van der Waals surface area contributed by atoms with Gasteiger partial charge in [-0.3, -0.25) is 4.79 Å². The van der Waals surface area contributed by atoms with Crippen molar-refractivity contribution in [2.75, 3.05) is 31.2 Å². The van der Waals surface area contributed by atoms with Crippen molar-refractivity contribution in [1.29, 1.82) is 0 Å². The standard InChI is InChI=1S/C17H21N3O3/c1-11-15(12(2)21)16(19-17(22)18-11)13-3-5-14(6-4-13)20-7-9-23-10-8-20/h3-6,16H,7-10H2,1-2H3,(H2,18,19,22). The topological polar surface area (TPSA) is 70.7 Å². The van der Waals surface area contributed by atoms with Gasteiger partial charge in [-0.05, 0) is 31.5 Å². The zero-order valence-electron chi connectivity index (χ0n) is 13.4. The van der Waals surface area contributed by atoms with Crippen molar-refractivity contribution in [2.45, 2.75) is 19.9 Å². The predicted octanol–water partition coefficient (Wildman–Crippen LogP) is 1.74. The quantitative estimate of drug-likeness (QED) is 0.891. The van der Waals surface area contributed by atoms with Crippen molar-refractivity contribution in [3.8, 4) is 0 Å². The number of hydrogen-bond donors (Lipinski definition) is 2. The van der Waals surface area contributed by atoms with Crippen molar-refractivity contribution >= 4 is 17.5 Å². The van der Waals surface area contributed by atoms with E-state index in [0.717, 1.165) is 37.6 Å². The zero-order chi connectivity index (χ0) is 16.4. The largest absolute Gasteiger partial charge is 0.378 e. The summed E-state index contributed by atoms with van der Waals surface area (Å²) in [5, 5.41) is 5.49. The first kappa shape index (κ1) is 15.6. The van der Waals surface area contributed by atoms with Crippen LogP contribution in [0.2, 0.25) is 0 Å². The minimum absolute atomic E-state index is 0.0442. The summed E-state index contributed by atoms with van der Waals surface area (Å²) in [6, 6.07) is 7.31. The molecule has 1 atom stereocenters. The van der Waals surface area contributed by atoms with E-state index in [9.17, 15) is 9.59 Å². The van der Waals surface area contributed by atoms with Crippen LogP contribution in [0.15, 0.2) is 35.5 Å². The molecule has 1 unspecified atom stereocenters. The first-order valence-electron chi connectivity index (χ1n) is 7.78. The Balaban J connectivity index is 1.86. The Morgan fingerprint density at radius 1 is 1.22 bits per heavy atom. The molecule has 2 N–H and O–H groups in total. The second-order valence-corrected chi connectivity index (χ2v) is 5.82. The fraction of sp³-hybridized carbons (Fsp3) is 0.412. The summed E-state index contributed by atoms with van der Waals surface area (Å²) in [5.74, 6) is -0.0442. The second kappa shape index (κ2) is 6.42. The fourth-order valence-electron chi connectivity index (χ4n) is 3.11. The monoisotopic (exact) mass is 315 g/mol. The molecule has 1 fully saturated rings. The van der Waals surface area contributed by atoms with Crippen LogP contribution in [0.5, 0.6) is 0 Å². The molecule has 2 aliphatic heterocycles. The molecular weight excluding hydrogens is 294 g/mol. The van der Waals surface area contributed by atoms with Crippen LogP contribution in [-0.4, -0.2) is 38.1 Å². The highest BCUT2D eigenvalue weighted by molar-refractivity contribution is 5.98. The Bertz CT molecular complexity index is 646. The summed E-state index contributed by atoms with van der Waals surface area (Å²) in [7, 11) is 0. The van der Waals surface area contributed by atoms with Gasteiger partial charge in [0.25, 0.3) is 0 Å². The molecule has 0 bridgehead atoms. The smallest absolute Gasteiger partial charge is 0.319 e. The third kappa shape index (κ3) is 3.22. The fourth-order valence-corrected chi connectivity index (χ4v) is 3.11. The van der Waals surface area contributed by atoms with Crippen LogP contribution in [0.1, 0.15) is 25.5 Å². The molecule has 2 heterocycles. The number of amides is 2. The molecular formula is C17H21N3O3. The average Bonchev–Trinajstić information content (AvgIpc) is 2.54. The normalized spacial score (nSPS) is 21.7. The van der Waals surface area contributed by atoms with Crippen molar-refractivity contribution in [3.63, 3.8) is 0 Å². The molecule has 0 aromatic heterocycles. The number of hydrogen-bond acceptors (Lipinski definition) is 4. The molecule has 1 aromatic carbocycles. The maximum absolute atomic E-state index is 11.9. The number of morpholine rings is 1. The maximum Gasteiger partial charge on any atom is 0.319 e. The highest BCUT2D eigenvalue weighted by atomic mass is 16.5. The first-order valence-corrected chi connectivity index (χ1v) is 7.78.